The Morgan fingerprint density at radius 2 is 2.14 bits per heavy atom. The molecule has 1 aliphatic carbocycles. The van der Waals surface area contributed by atoms with Crippen LogP contribution in [0.3, 0.4) is 0 Å². The fourth-order valence-corrected chi connectivity index (χ4v) is 3.71. The van der Waals surface area contributed by atoms with Crippen molar-refractivity contribution in [1.82, 2.24) is 4.98 Å². The number of aliphatic hydroxyl groups excluding tert-OH is 1. The number of aliphatic hydroxyl groups is 1. The summed E-state index contributed by atoms with van der Waals surface area (Å²) in [6, 6.07) is 8.08. The molecule has 1 aliphatic rings. The number of benzene rings is 1. The monoisotopic (exact) mass is 304 g/mol. The van der Waals surface area contributed by atoms with Crippen LogP contribution in [0.15, 0.2) is 24.3 Å². The second-order valence-electron chi connectivity index (χ2n) is 5.42. The topological polar surface area (TPSA) is 45.6 Å². The molecule has 1 aromatic heterocycles. The van der Waals surface area contributed by atoms with Crippen LogP contribution in [0.2, 0.25) is 0 Å². The lowest BCUT2D eigenvalue weighted by molar-refractivity contribution is 0.160. The number of aryl methyl sites for hydroxylation is 1. The normalized spacial score (nSPS) is 17.4. The molecule has 3 rings (SSSR count). The maximum Gasteiger partial charge on any atom is 0.185 e. The highest BCUT2D eigenvalue weighted by Gasteiger charge is 2.23. The van der Waals surface area contributed by atoms with E-state index in [2.05, 4.69) is 17.0 Å². The van der Waals surface area contributed by atoms with E-state index in [9.17, 15) is 5.11 Å². The molecule has 1 N–H and O–H groups in total. The highest BCUT2D eigenvalue weighted by Crippen LogP contribution is 2.37. The van der Waals surface area contributed by atoms with Crippen LogP contribution in [0.25, 0.3) is 0 Å². The number of nitrogens with zero attached hydrogens (tertiary/aromatic N) is 2. The summed E-state index contributed by atoms with van der Waals surface area (Å²) in [4.78, 5) is 7.88. The maximum atomic E-state index is 10.0. The zero-order chi connectivity index (χ0) is 14.8. The predicted octanol–water partition coefficient (Wildman–Crippen LogP) is 3.16. The number of fused-ring (bicyclic) bond motifs is 1. The zero-order valence-corrected chi connectivity index (χ0v) is 13.2. The van der Waals surface area contributed by atoms with Crippen molar-refractivity contribution in [1.29, 1.82) is 0 Å². The molecule has 0 bridgehead atoms. The third-order valence-electron chi connectivity index (χ3n) is 3.82. The molecule has 0 saturated heterocycles. The van der Waals surface area contributed by atoms with Crippen LogP contribution in [0.1, 0.15) is 35.1 Å². The highest BCUT2D eigenvalue weighted by atomic mass is 32.1. The molecule has 0 fully saturated rings. The van der Waals surface area contributed by atoms with Crippen molar-refractivity contribution < 1.29 is 9.84 Å². The summed E-state index contributed by atoms with van der Waals surface area (Å²) in [6.45, 7) is 0.798. The minimum atomic E-state index is -0.325. The van der Waals surface area contributed by atoms with E-state index in [0.29, 0.717) is 0 Å². The molecule has 0 amide bonds. The largest absolute Gasteiger partial charge is 0.497 e. The van der Waals surface area contributed by atoms with E-state index < -0.39 is 0 Å². The average molecular weight is 304 g/mol. The van der Waals surface area contributed by atoms with E-state index in [-0.39, 0.29) is 6.10 Å². The van der Waals surface area contributed by atoms with E-state index >= 15 is 0 Å². The molecule has 1 heterocycles. The first-order valence-corrected chi connectivity index (χ1v) is 8.00. The molecule has 112 valence electrons. The van der Waals surface area contributed by atoms with E-state index in [0.717, 1.165) is 47.3 Å². The summed E-state index contributed by atoms with van der Waals surface area (Å²) in [6.07, 6.45) is 2.55. The molecule has 4 nitrogen and oxygen atoms in total. The van der Waals surface area contributed by atoms with Crippen molar-refractivity contribution in [2.24, 2.45) is 0 Å². The molecular formula is C16H20N2O2S. The van der Waals surface area contributed by atoms with E-state index in [1.807, 2.05) is 19.2 Å². The Hall–Kier alpha value is -1.59. The molecule has 0 spiro atoms. The van der Waals surface area contributed by atoms with Gasteiger partial charge in [-0.05, 0) is 37.0 Å². The van der Waals surface area contributed by atoms with Gasteiger partial charge in [0.05, 0.1) is 23.8 Å². The van der Waals surface area contributed by atoms with Crippen LogP contribution in [0.5, 0.6) is 5.75 Å². The first kappa shape index (κ1) is 14.4. The Morgan fingerprint density at radius 1 is 1.38 bits per heavy atom. The van der Waals surface area contributed by atoms with E-state index in [4.69, 9.17) is 9.72 Å². The predicted molar refractivity (Wildman–Crippen MR) is 85.1 cm³/mol. The van der Waals surface area contributed by atoms with Gasteiger partial charge in [0.2, 0.25) is 0 Å². The van der Waals surface area contributed by atoms with Crippen LogP contribution in [-0.4, -0.2) is 24.2 Å². The van der Waals surface area contributed by atoms with Gasteiger partial charge in [0, 0.05) is 13.6 Å². The number of aromatic nitrogens is 1. The van der Waals surface area contributed by atoms with Gasteiger partial charge >= 0.3 is 0 Å². The van der Waals surface area contributed by atoms with Crippen molar-refractivity contribution in [3.05, 3.63) is 40.4 Å². The van der Waals surface area contributed by atoms with Crippen LogP contribution >= 0.6 is 11.3 Å². The summed E-state index contributed by atoms with van der Waals surface area (Å²) in [7, 11) is 3.72. The minimum Gasteiger partial charge on any atom is -0.497 e. The Balaban J connectivity index is 1.74. The first-order chi connectivity index (χ1) is 10.2. The molecule has 0 radical (unpaired) electrons. The number of hydrogen-bond acceptors (Lipinski definition) is 5. The number of rotatable bonds is 4. The van der Waals surface area contributed by atoms with Gasteiger partial charge in [0.1, 0.15) is 5.75 Å². The number of hydrogen-bond donors (Lipinski definition) is 1. The Bertz CT molecular complexity index is 609. The van der Waals surface area contributed by atoms with Crippen molar-refractivity contribution >= 4 is 16.5 Å². The van der Waals surface area contributed by atoms with Gasteiger partial charge in [0.15, 0.2) is 5.13 Å². The van der Waals surface area contributed by atoms with Gasteiger partial charge in [-0.25, -0.2) is 4.98 Å². The molecule has 1 aromatic carbocycles. The van der Waals surface area contributed by atoms with Crippen LogP contribution < -0.4 is 9.64 Å². The minimum absolute atomic E-state index is 0.325. The fraction of sp³-hybridized carbons (Fsp3) is 0.438. The SMILES string of the molecule is COc1ccc(CN(C)c2nc3c(s2)C(O)CCC3)cc1. The van der Waals surface area contributed by atoms with E-state index in [1.54, 1.807) is 18.4 Å². The summed E-state index contributed by atoms with van der Waals surface area (Å²) in [5, 5.41) is 11.0. The quantitative estimate of drug-likeness (QED) is 0.942. The number of thiazole rings is 1. The smallest absolute Gasteiger partial charge is 0.185 e. The molecule has 21 heavy (non-hydrogen) atoms. The van der Waals surface area contributed by atoms with Crippen molar-refractivity contribution in [2.75, 3.05) is 19.1 Å². The lowest BCUT2D eigenvalue weighted by Crippen LogP contribution is -2.16. The van der Waals surface area contributed by atoms with Gasteiger partial charge in [-0.2, -0.15) is 0 Å². The molecule has 2 aromatic rings. The fourth-order valence-electron chi connectivity index (χ4n) is 2.62. The first-order valence-electron chi connectivity index (χ1n) is 7.19. The standard InChI is InChI=1S/C16H20N2O2S/c1-18(10-11-6-8-12(20-2)9-7-11)16-17-13-4-3-5-14(19)15(13)21-16/h6-9,14,19H,3-5,10H2,1-2H3. The lowest BCUT2D eigenvalue weighted by Gasteiger charge is -2.16. The average Bonchev–Trinajstić information content (AvgIpc) is 2.94. The number of ether oxygens (including phenoxy) is 1. The maximum absolute atomic E-state index is 10.0. The second-order valence-corrected chi connectivity index (χ2v) is 6.43. The Morgan fingerprint density at radius 3 is 2.81 bits per heavy atom. The zero-order valence-electron chi connectivity index (χ0n) is 12.4. The summed E-state index contributed by atoms with van der Waals surface area (Å²) in [5.74, 6) is 0.870. The molecule has 0 aliphatic heterocycles. The van der Waals surface area contributed by atoms with Crippen LogP contribution in [0.4, 0.5) is 5.13 Å². The molecule has 5 heteroatoms. The third-order valence-corrected chi connectivity index (χ3v) is 5.13. The molecule has 1 atom stereocenters. The Kier molecular flexibility index (Phi) is 4.12. The molecule has 0 saturated carbocycles. The van der Waals surface area contributed by atoms with Crippen LogP contribution in [-0.2, 0) is 13.0 Å². The van der Waals surface area contributed by atoms with Crippen molar-refractivity contribution in [3.8, 4) is 5.75 Å². The van der Waals surface area contributed by atoms with E-state index in [1.165, 1.54) is 5.56 Å². The van der Waals surface area contributed by atoms with Gasteiger partial charge in [-0.1, -0.05) is 23.5 Å². The lowest BCUT2D eigenvalue weighted by atomic mass is 10.0. The highest BCUT2D eigenvalue weighted by molar-refractivity contribution is 7.15. The number of methoxy groups -OCH3 is 1. The summed E-state index contributed by atoms with van der Waals surface area (Å²) >= 11 is 1.62. The number of anilines is 1. The van der Waals surface area contributed by atoms with Crippen molar-refractivity contribution in [3.63, 3.8) is 0 Å². The van der Waals surface area contributed by atoms with Gasteiger partial charge in [-0.15, -0.1) is 0 Å². The van der Waals surface area contributed by atoms with Crippen LogP contribution in [0, 0.1) is 0 Å². The Labute approximate surface area is 129 Å². The third kappa shape index (κ3) is 3.04. The molecular weight excluding hydrogens is 284 g/mol. The van der Waals surface area contributed by atoms with Crippen molar-refractivity contribution in [2.45, 2.75) is 31.9 Å². The van der Waals surface area contributed by atoms with Gasteiger partial charge in [0.25, 0.3) is 0 Å². The summed E-state index contributed by atoms with van der Waals surface area (Å²) in [5.41, 5.74) is 2.29. The molecule has 1 unspecified atom stereocenters. The summed E-state index contributed by atoms with van der Waals surface area (Å²) < 4.78 is 5.17. The van der Waals surface area contributed by atoms with Gasteiger partial charge in [-0.3, -0.25) is 0 Å². The second kappa shape index (κ2) is 6.03. The van der Waals surface area contributed by atoms with Gasteiger partial charge < -0.3 is 14.7 Å².